The highest BCUT2D eigenvalue weighted by atomic mass is 32.1. The van der Waals surface area contributed by atoms with E-state index in [2.05, 4.69) is 34.2 Å². The second-order valence-corrected chi connectivity index (χ2v) is 8.48. The molecule has 2 aromatic carbocycles. The van der Waals surface area contributed by atoms with Gasteiger partial charge in [0.15, 0.2) is 5.96 Å². The van der Waals surface area contributed by atoms with E-state index in [-0.39, 0.29) is 5.75 Å². The van der Waals surface area contributed by atoms with Gasteiger partial charge in [0.2, 0.25) is 0 Å². The molecular weight excluding hydrogens is 378 g/mol. The van der Waals surface area contributed by atoms with Crippen LogP contribution in [0.2, 0.25) is 0 Å². The van der Waals surface area contributed by atoms with Crippen molar-refractivity contribution in [3.05, 3.63) is 70.9 Å². The molecule has 1 aliphatic carbocycles. The second-order valence-electron chi connectivity index (χ2n) is 7.45. The van der Waals surface area contributed by atoms with Gasteiger partial charge in [-0.2, -0.15) is 0 Å². The fourth-order valence-electron chi connectivity index (χ4n) is 3.69. The third kappa shape index (κ3) is 5.39. The van der Waals surface area contributed by atoms with Gasteiger partial charge in [-0.05, 0) is 47.5 Å². The molecule has 0 radical (unpaired) electrons. The van der Waals surface area contributed by atoms with Crippen LogP contribution in [0.3, 0.4) is 0 Å². The Bertz CT molecular complexity index is 932. The van der Waals surface area contributed by atoms with Crippen LogP contribution in [0.1, 0.15) is 37.0 Å². The highest BCUT2D eigenvalue weighted by molar-refractivity contribution is 7.09. The van der Waals surface area contributed by atoms with Crippen LogP contribution in [-0.2, 0) is 6.54 Å². The number of thiophene rings is 1. The number of phenolic OH excluding ortho intramolecular Hbond substituents is 1. The molecule has 29 heavy (non-hydrogen) atoms. The maximum absolute atomic E-state index is 10.4. The van der Waals surface area contributed by atoms with Gasteiger partial charge in [-0.3, -0.25) is 0 Å². The molecule has 0 amide bonds. The molecule has 150 valence electrons. The van der Waals surface area contributed by atoms with Crippen LogP contribution in [0.25, 0.3) is 11.1 Å². The van der Waals surface area contributed by atoms with Crippen molar-refractivity contribution in [2.75, 3.05) is 5.32 Å². The fourth-order valence-corrected chi connectivity index (χ4v) is 4.32. The van der Waals surface area contributed by atoms with Crippen LogP contribution in [0, 0.1) is 0 Å². The summed E-state index contributed by atoms with van der Waals surface area (Å²) in [6, 6.07) is 20.4. The minimum absolute atomic E-state index is 0.221. The lowest BCUT2D eigenvalue weighted by atomic mass is 9.96. The first-order valence-corrected chi connectivity index (χ1v) is 11.1. The molecular formula is C24H27N3OS. The molecule has 0 spiro atoms. The normalized spacial score (nSPS) is 15.2. The Morgan fingerprint density at radius 2 is 1.79 bits per heavy atom. The number of anilines is 1. The SMILES string of the molecule is Oc1ccc(-c2ccccc2)cc1NC(=NCc1cccs1)NC1CCCCC1. The number of nitrogens with zero attached hydrogens (tertiary/aromatic N) is 1. The van der Waals surface area contributed by atoms with Crippen molar-refractivity contribution in [2.45, 2.75) is 44.7 Å². The minimum Gasteiger partial charge on any atom is -0.506 e. The highest BCUT2D eigenvalue weighted by Gasteiger charge is 2.16. The lowest BCUT2D eigenvalue weighted by Gasteiger charge is -2.25. The first-order valence-electron chi connectivity index (χ1n) is 10.3. The molecule has 1 aromatic heterocycles. The minimum atomic E-state index is 0.221. The van der Waals surface area contributed by atoms with Crippen molar-refractivity contribution in [3.63, 3.8) is 0 Å². The molecule has 0 atom stereocenters. The quantitative estimate of drug-likeness (QED) is 0.277. The summed E-state index contributed by atoms with van der Waals surface area (Å²) in [5.41, 5.74) is 2.84. The topological polar surface area (TPSA) is 56.6 Å². The number of hydrogen-bond donors (Lipinski definition) is 3. The first-order chi connectivity index (χ1) is 14.3. The smallest absolute Gasteiger partial charge is 0.196 e. The Hall–Kier alpha value is -2.79. The molecule has 0 saturated heterocycles. The third-order valence-electron chi connectivity index (χ3n) is 5.28. The predicted molar refractivity (Wildman–Crippen MR) is 123 cm³/mol. The summed E-state index contributed by atoms with van der Waals surface area (Å²) in [5.74, 6) is 0.949. The summed E-state index contributed by atoms with van der Waals surface area (Å²) in [7, 11) is 0. The third-order valence-corrected chi connectivity index (χ3v) is 6.14. The van der Waals surface area contributed by atoms with E-state index in [1.807, 2.05) is 36.4 Å². The molecule has 1 aliphatic rings. The van der Waals surface area contributed by atoms with Crippen LogP contribution >= 0.6 is 11.3 Å². The van der Waals surface area contributed by atoms with E-state index in [0.717, 1.165) is 29.9 Å². The molecule has 4 rings (SSSR count). The summed E-state index contributed by atoms with van der Waals surface area (Å²) >= 11 is 1.71. The highest BCUT2D eigenvalue weighted by Crippen LogP contribution is 2.30. The number of phenols is 1. The predicted octanol–water partition coefficient (Wildman–Crippen LogP) is 6.01. The maximum Gasteiger partial charge on any atom is 0.196 e. The van der Waals surface area contributed by atoms with E-state index < -0.39 is 0 Å². The number of benzene rings is 2. The molecule has 0 unspecified atom stereocenters. The molecule has 3 N–H and O–H groups in total. The zero-order valence-corrected chi connectivity index (χ0v) is 17.3. The van der Waals surface area contributed by atoms with Crippen LogP contribution < -0.4 is 10.6 Å². The Labute approximate surface area is 176 Å². The van der Waals surface area contributed by atoms with Crippen LogP contribution in [0.5, 0.6) is 5.75 Å². The van der Waals surface area contributed by atoms with Crippen molar-refractivity contribution < 1.29 is 5.11 Å². The molecule has 1 saturated carbocycles. The van der Waals surface area contributed by atoms with Crippen LogP contribution in [0.15, 0.2) is 71.0 Å². The van der Waals surface area contributed by atoms with Gasteiger partial charge in [0.25, 0.3) is 0 Å². The van der Waals surface area contributed by atoms with Gasteiger partial charge < -0.3 is 15.7 Å². The molecule has 4 nitrogen and oxygen atoms in total. The molecule has 1 heterocycles. The van der Waals surface area contributed by atoms with Crippen molar-refractivity contribution in [1.82, 2.24) is 5.32 Å². The van der Waals surface area contributed by atoms with E-state index >= 15 is 0 Å². The standard InChI is InChI=1S/C24H27N3OS/c28-23-14-13-19(18-8-3-1-4-9-18)16-22(23)27-24(25-17-21-12-7-15-29-21)26-20-10-5-2-6-11-20/h1,3-4,7-9,12-16,20,28H,2,5-6,10-11,17H2,(H2,25,26,27). The zero-order chi connectivity index (χ0) is 19.9. The van der Waals surface area contributed by atoms with Crippen molar-refractivity contribution in [1.29, 1.82) is 0 Å². The first kappa shape index (κ1) is 19.5. The molecule has 0 bridgehead atoms. The lowest BCUT2D eigenvalue weighted by Crippen LogP contribution is -2.40. The van der Waals surface area contributed by atoms with Gasteiger partial charge in [0.1, 0.15) is 5.75 Å². The van der Waals surface area contributed by atoms with Crippen molar-refractivity contribution >= 4 is 23.0 Å². The fraction of sp³-hybridized carbons (Fsp3) is 0.292. The Balaban J connectivity index is 1.56. The zero-order valence-electron chi connectivity index (χ0n) is 16.5. The van der Waals surface area contributed by atoms with E-state index in [1.165, 1.54) is 24.1 Å². The molecule has 1 fully saturated rings. The van der Waals surface area contributed by atoms with E-state index in [4.69, 9.17) is 4.99 Å². The lowest BCUT2D eigenvalue weighted by molar-refractivity contribution is 0.413. The Kier molecular flexibility index (Phi) is 6.47. The average molecular weight is 406 g/mol. The monoisotopic (exact) mass is 405 g/mol. The summed E-state index contributed by atoms with van der Waals surface area (Å²) in [4.78, 5) is 6.01. The van der Waals surface area contributed by atoms with Gasteiger partial charge in [-0.1, -0.05) is 61.7 Å². The van der Waals surface area contributed by atoms with E-state index in [9.17, 15) is 5.11 Å². The summed E-state index contributed by atoms with van der Waals surface area (Å²) in [5, 5.41) is 19.5. The van der Waals surface area contributed by atoms with Crippen molar-refractivity contribution in [2.24, 2.45) is 4.99 Å². The molecule has 0 aliphatic heterocycles. The summed E-state index contributed by atoms with van der Waals surface area (Å²) in [6.07, 6.45) is 6.15. The van der Waals surface area contributed by atoms with Gasteiger partial charge >= 0.3 is 0 Å². The number of guanidine groups is 1. The molecule has 3 aromatic rings. The number of hydrogen-bond acceptors (Lipinski definition) is 3. The van der Waals surface area contributed by atoms with Gasteiger partial charge in [-0.25, -0.2) is 4.99 Å². The van der Waals surface area contributed by atoms with E-state index in [1.54, 1.807) is 17.4 Å². The molecule has 5 heteroatoms. The Morgan fingerprint density at radius 1 is 0.966 bits per heavy atom. The van der Waals surface area contributed by atoms with Crippen LogP contribution in [-0.4, -0.2) is 17.1 Å². The summed E-state index contributed by atoms with van der Waals surface area (Å²) < 4.78 is 0. The van der Waals surface area contributed by atoms with Gasteiger partial charge in [0, 0.05) is 10.9 Å². The number of aromatic hydroxyl groups is 1. The Morgan fingerprint density at radius 3 is 2.55 bits per heavy atom. The van der Waals surface area contributed by atoms with Gasteiger partial charge in [0.05, 0.1) is 12.2 Å². The largest absolute Gasteiger partial charge is 0.506 e. The second kappa shape index (κ2) is 9.61. The average Bonchev–Trinajstić information content (AvgIpc) is 3.29. The number of aliphatic imine (C=N–C) groups is 1. The maximum atomic E-state index is 10.4. The number of rotatable bonds is 5. The van der Waals surface area contributed by atoms with Gasteiger partial charge in [-0.15, -0.1) is 11.3 Å². The van der Waals surface area contributed by atoms with E-state index in [0.29, 0.717) is 18.3 Å². The summed E-state index contributed by atoms with van der Waals surface area (Å²) in [6.45, 7) is 0.624. The number of nitrogens with one attached hydrogen (secondary N) is 2. The van der Waals surface area contributed by atoms with Crippen molar-refractivity contribution in [3.8, 4) is 16.9 Å². The van der Waals surface area contributed by atoms with Crippen LogP contribution in [0.4, 0.5) is 5.69 Å².